The van der Waals surface area contributed by atoms with Gasteiger partial charge in [0.25, 0.3) is 0 Å². The van der Waals surface area contributed by atoms with Gasteiger partial charge in [0.1, 0.15) is 11.6 Å². The molecule has 7 heteroatoms. The zero-order valence-corrected chi connectivity index (χ0v) is 25.4. The number of pyridine rings is 1. The van der Waals surface area contributed by atoms with Gasteiger partial charge in [0.2, 0.25) is 5.88 Å². The number of aromatic nitrogens is 2. The Bertz CT molecular complexity index is 1260. The van der Waals surface area contributed by atoms with E-state index in [1.165, 1.54) is 34.9 Å². The van der Waals surface area contributed by atoms with E-state index in [0.717, 1.165) is 42.1 Å². The zero-order valence-electron chi connectivity index (χ0n) is 24.6. The Morgan fingerprint density at radius 2 is 1.80 bits per heavy atom. The second-order valence-electron chi connectivity index (χ2n) is 10.4. The summed E-state index contributed by atoms with van der Waals surface area (Å²) in [7, 11) is 0. The van der Waals surface area contributed by atoms with Crippen LogP contribution in [0.3, 0.4) is 0 Å². The standard InChI is InChI=1S/C33H43N3O3S/c1-7-10-29(17-11-24(6)23(4)5)36(28(8-2)9-3)20-25-12-14-26(15-13-25)30-22-40-32(35-30)21-39-31-18-16-27(19-34-31)33(37)38/h10-19,22-24,28H,7-9,20-21H2,1-6H3,(H,37,38)/b17-11-,29-10+. The fourth-order valence-corrected chi connectivity index (χ4v) is 5.05. The second kappa shape index (κ2) is 15.4. The van der Waals surface area contributed by atoms with Crippen LogP contribution in [0.4, 0.5) is 0 Å². The molecule has 1 atom stereocenters. The highest BCUT2D eigenvalue weighted by Gasteiger charge is 2.18. The number of hydrogen-bond donors (Lipinski definition) is 1. The highest BCUT2D eigenvalue weighted by Crippen LogP contribution is 2.26. The first-order valence-electron chi connectivity index (χ1n) is 14.3. The van der Waals surface area contributed by atoms with E-state index in [4.69, 9.17) is 14.8 Å². The van der Waals surface area contributed by atoms with E-state index in [9.17, 15) is 4.79 Å². The summed E-state index contributed by atoms with van der Waals surface area (Å²) in [5.74, 6) is 0.514. The minimum atomic E-state index is -1.01. The molecule has 0 aliphatic carbocycles. The van der Waals surface area contributed by atoms with Crippen LogP contribution < -0.4 is 4.74 Å². The summed E-state index contributed by atoms with van der Waals surface area (Å²) in [6.07, 6.45) is 11.5. The molecule has 0 fully saturated rings. The van der Waals surface area contributed by atoms with Crippen molar-refractivity contribution in [1.82, 2.24) is 14.9 Å². The number of benzene rings is 1. The molecule has 3 rings (SSSR count). The van der Waals surface area contributed by atoms with Gasteiger partial charge in [-0.2, -0.15) is 0 Å². The van der Waals surface area contributed by atoms with Gasteiger partial charge in [-0.1, -0.05) is 78.0 Å². The van der Waals surface area contributed by atoms with E-state index < -0.39 is 5.97 Å². The SMILES string of the molecule is CC/C=C(\C=C/C(C)C(C)C)N(Cc1ccc(-c2csc(COc3ccc(C(=O)O)cn3)n2)cc1)C(CC)CC. The average molecular weight is 562 g/mol. The molecule has 0 radical (unpaired) electrons. The maximum atomic E-state index is 11.0. The number of aromatic carboxylic acids is 1. The van der Waals surface area contributed by atoms with Crippen LogP contribution in [-0.2, 0) is 13.2 Å². The molecule has 214 valence electrons. The number of carboxylic acids is 1. The molecule has 1 N–H and O–H groups in total. The van der Waals surface area contributed by atoms with Crippen molar-refractivity contribution >= 4 is 17.3 Å². The van der Waals surface area contributed by atoms with E-state index in [1.807, 2.05) is 5.38 Å². The molecule has 40 heavy (non-hydrogen) atoms. The maximum Gasteiger partial charge on any atom is 0.337 e. The molecular weight excluding hydrogens is 518 g/mol. The third kappa shape index (κ3) is 8.78. The van der Waals surface area contributed by atoms with Crippen molar-refractivity contribution in [3.05, 3.63) is 88.0 Å². The first-order valence-corrected chi connectivity index (χ1v) is 15.1. The van der Waals surface area contributed by atoms with Crippen molar-refractivity contribution < 1.29 is 14.6 Å². The summed E-state index contributed by atoms with van der Waals surface area (Å²) >= 11 is 1.53. The normalized spacial score (nSPS) is 12.8. The van der Waals surface area contributed by atoms with Crippen LogP contribution in [0.2, 0.25) is 0 Å². The van der Waals surface area contributed by atoms with Crippen molar-refractivity contribution in [3.8, 4) is 17.1 Å². The number of hydrogen-bond acceptors (Lipinski definition) is 6. The van der Waals surface area contributed by atoms with Crippen LogP contribution in [-0.4, -0.2) is 32.0 Å². The Labute approximate surface area is 243 Å². The predicted molar refractivity (Wildman–Crippen MR) is 165 cm³/mol. The molecule has 1 aromatic carbocycles. The summed E-state index contributed by atoms with van der Waals surface area (Å²) in [5, 5.41) is 11.9. The van der Waals surface area contributed by atoms with Gasteiger partial charge in [-0.3, -0.25) is 0 Å². The zero-order chi connectivity index (χ0) is 29.1. The Morgan fingerprint density at radius 3 is 2.38 bits per heavy atom. The number of nitrogens with zero attached hydrogens (tertiary/aromatic N) is 3. The van der Waals surface area contributed by atoms with Crippen LogP contribution in [0.15, 0.2) is 71.9 Å². The first kappa shape index (κ1) is 31.1. The summed E-state index contributed by atoms with van der Waals surface area (Å²) in [6.45, 7) is 14.7. The second-order valence-corrected chi connectivity index (χ2v) is 11.3. The quantitative estimate of drug-likeness (QED) is 0.187. The molecule has 1 unspecified atom stereocenters. The van der Waals surface area contributed by atoms with E-state index in [-0.39, 0.29) is 12.2 Å². The average Bonchev–Trinajstić information content (AvgIpc) is 3.43. The van der Waals surface area contributed by atoms with Crippen LogP contribution in [0, 0.1) is 11.8 Å². The Kier molecular flexibility index (Phi) is 11.9. The molecule has 0 saturated carbocycles. The maximum absolute atomic E-state index is 11.0. The molecule has 0 amide bonds. The van der Waals surface area contributed by atoms with Crippen LogP contribution in [0.1, 0.15) is 81.7 Å². The molecule has 0 aliphatic heterocycles. The summed E-state index contributed by atoms with van der Waals surface area (Å²) in [6, 6.07) is 12.2. The minimum Gasteiger partial charge on any atom is -0.478 e. The predicted octanol–water partition coefficient (Wildman–Crippen LogP) is 8.62. The lowest BCUT2D eigenvalue weighted by atomic mass is 9.97. The van der Waals surface area contributed by atoms with Gasteiger partial charge in [0.05, 0.1) is 11.3 Å². The third-order valence-corrected chi connectivity index (χ3v) is 8.05. The van der Waals surface area contributed by atoms with Crippen molar-refractivity contribution in [1.29, 1.82) is 0 Å². The third-order valence-electron chi connectivity index (χ3n) is 7.23. The number of carbonyl (C=O) groups is 1. The highest BCUT2D eigenvalue weighted by atomic mass is 32.1. The molecule has 0 aliphatic rings. The fraction of sp³-hybridized carbons (Fsp3) is 0.424. The highest BCUT2D eigenvalue weighted by molar-refractivity contribution is 7.09. The lowest BCUT2D eigenvalue weighted by Gasteiger charge is -2.34. The van der Waals surface area contributed by atoms with Gasteiger partial charge in [0, 0.05) is 41.5 Å². The number of carboxylic acid groups (broad SMARTS) is 1. The number of rotatable bonds is 15. The van der Waals surface area contributed by atoms with E-state index in [2.05, 4.69) is 93.9 Å². The van der Waals surface area contributed by atoms with Crippen molar-refractivity contribution in [2.24, 2.45) is 11.8 Å². The Hall–Kier alpha value is -3.45. The molecule has 3 aromatic rings. The lowest BCUT2D eigenvalue weighted by Crippen LogP contribution is -2.33. The van der Waals surface area contributed by atoms with Crippen molar-refractivity contribution in [3.63, 3.8) is 0 Å². The summed E-state index contributed by atoms with van der Waals surface area (Å²) in [4.78, 5) is 22.3. The van der Waals surface area contributed by atoms with Gasteiger partial charge in [-0.25, -0.2) is 14.8 Å². The van der Waals surface area contributed by atoms with Crippen LogP contribution in [0.25, 0.3) is 11.3 Å². The molecule has 0 saturated heterocycles. The van der Waals surface area contributed by atoms with Crippen molar-refractivity contribution in [2.75, 3.05) is 0 Å². The van der Waals surface area contributed by atoms with E-state index >= 15 is 0 Å². The molecule has 0 bridgehead atoms. The fourth-order valence-electron chi connectivity index (χ4n) is 4.34. The van der Waals surface area contributed by atoms with Crippen molar-refractivity contribution in [2.45, 2.75) is 80.0 Å². The van der Waals surface area contributed by atoms with E-state index in [0.29, 0.717) is 23.8 Å². The molecular formula is C33H43N3O3S. The molecule has 0 spiro atoms. The Balaban J connectivity index is 1.71. The molecule has 2 heterocycles. The summed E-state index contributed by atoms with van der Waals surface area (Å²) < 4.78 is 5.70. The smallest absolute Gasteiger partial charge is 0.337 e. The van der Waals surface area contributed by atoms with Crippen LogP contribution >= 0.6 is 11.3 Å². The van der Waals surface area contributed by atoms with Gasteiger partial charge in [-0.15, -0.1) is 11.3 Å². The molecule has 6 nitrogen and oxygen atoms in total. The van der Waals surface area contributed by atoms with Gasteiger partial charge in [0.15, 0.2) is 0 Å². The first-order chi connectivity index (χ1) is 19.2. The number of ether oxygens (including phenoxy) is 1. The topological polar surface area (TPSA) is 75.5 Å². The number of allylic oxidation sites excluding steroid dienone is 3. The lowest BCUT2D eigenvalue weighted by molar-refractivity contribution is 0.0696. The number of thiazole rings is 1. The monoisotopic (exact) mass is 561 g/mol. The van der Waals surface area contributed by atoms with E-state index in [1.54, 1.807) is 6.07 Å². The van der Waals surface area contributed by atoms with Gasteiger partial charge >= 0.3 is 5.97 Å². The largest absolute Gasteiger partial charge is 0.478 e. The molecule has 2 aromatic heterocycles. The van der Waals surface area contributed by atoms with Crippen LogP contribution in [0.5, 0.6) is 5.88 Å². The minimum absolute atomic E-state index is 0.130. The summed E-state index contributed by atoms with van der Waals surface area (Å²) in [5.41, 5.74) is 4.70. The Morgan fingerprint density at radius 1 is 1.07 bits per heavy atom. The van der Waals surface area contributed by atoms with Gasteiger partial charge in [-0.05, 0) is 48.8 Å². The van der Waals surface area contributed by atoms with Gasteiger partial charge < -0.3 is 14.7 Å².